The number of amides is 1. The standard InChI is InChI=1S/C29H32N2O7/c1-31(2)23-12-10-19(16-25(23)37-4)14-15-30-26(33)17-21-11-13-24(36-3)28(22(21)18-32)38-29(35)27(34)20-8-6-5-7-9-20/h5-13,16,32H,14-15,17-18H2,1-4H3,(H,30,33). The summed E-state index contributed by atoms with van der Waals surface area (Å²) < 4.78 is 16.1. The smallest absolute Gasteiger partial charge is 0.385 e. The second-order valence-corrected chi connectivity index (χ2v) is 8.65. The van der Waals surface area contributed by atoms with Crippen molar-refractivity contribution >= 4 is 23.3 Å². The molecule has 9 heteroatoms. The zero-order chi connectivity index (χ0) is 27.7. The van der Waals surface area contributed by atoms with Gasteiger partial charge in [-0.2, -0.15) is 0 Å². The van der Waals surface area contributed by atoms with Crippen LogP contribution in [0.4, 0.5) is 5.69 Å². The third-order valence-electron chi connectivity index (χ3n) is 5.93. The highest BCUT2D eigenvalue weighted by Crippen LogP contribution is 2.34. The molecule has 3 aromatic carbocycles. The Morgan fingerprint density at radius 2 is 1.63 bits per heavy atom. The molecule has 0 saturated heterocycles. The van der Waals surface area contributed by atoms with Crippen molar-refractivity contribution < 1.29 is 33.7 Å². The average molecular weight is 521 g/mol. The number of nitrogens with one attached hydrogen (secondary N) is 1. The number of carbonyl (C=O) groups is 3. The summed E-state index contributed by atoms with van der Waals surface area (Å²) in [5.74, 6) is -1.43. The lowest BCUT2D eigenvalue weighted by Gasteiger charge is -2.17. The SMILES string of the molecule is COc1cc(CCNC(=O)Cc2ccc(OC)c(OC(=O)C(=O)c3ccccc3)c2CO)ccc1N(C)C. The highest BCUT2D eigenvalue weighted by atomic mass is 16.6. The molecule has 1 amide bonds. The van der Waals surface area contributed by atoms with Gasteiger partial charge in [-0.25, -0.2) is 4.79 Å². The van der Waals surface area contributed by atoms with Crippen LogP contribution in [0.5, 0.6) is 17.2 Å². The minimum Gasteiger partial charge on any atom is -0.495 e. The van der Waals surface area contributed by atoms with Gasteiger partial charge in [-0.1, -0.05) is 42.5 Å². The lowest BCUT2D eigenvalue weighted by atomic mass is 10.0. The highest BCUT2D eigenvalue weighted by Gasteiger charge is 2.24. The van der Waals surface area contributed by atoms with Gasteiger partial charge >= 0.3 is 5.97 Å². The summed E-state index contributed by atoms with van der Waals surface area (Å²) >= 11 is 0. The number of aliphatic hydroxyl groups excluding tert-OH is 1. The molecule has 0 bridgehead atoms. The molecule has 9 nitrogen and oxygen atoms in total. The van der Waals surface area contributed by atoms with Gasteiger partial charge in [-0.3, -0.25) is 9.59 Å². The second kappa shape index (κ2) is 13.3. The predicted molar refractivity (Wildman–Crippen MR) is 143 cm³/mol. The Labute approximate surface area is 221 Å². The van der Waals surface area contributed by atoms with Crippen LogP contribution in [0.2, 0.25) is 0 Å². The molecule has 0 aliphatic rings. The first kappa shape index (κ1) is 28.2. The molecule has 0 atom stereocenters. The van der Waals surface area contributed by atoms with Gasteiger partial charge in [0.25, 0.3) is 5.78 Å². The quantitative estimate of drug-likeness (QED) is 0.162. The third kappa shape index (κ3) is 6.89. The fraction of sp³-hybridized carbons (Fsp3) is 0.276. The molecule has 0 aliphatic heterocycles. The number of esters is 1. The van der Waals surface area contributed by atoms with Crippen LogP contribution in [-0.2, 0) is 29.0 Å². The van der Waals surface area contributed by atoms with Gasteiger partial charge in [-0.05, 0) is 35.7 Å². The summed E-state index contributed by atoms with van der Waals surface area (Å²) in [7, 11) is 6.86. The average Bonchev–Trinajstić information content (AvgIpc) is 2.93. The monoisotopic (exact) mass is 520 g/mol. The molecular formula is C29H32N2O7. The topological polar surface area (TPSA) is 114 Å². The fourth-order valence-corrected chi connectivity index (χ4v) is 3.93. The van der Waals surface area contributed by atoms with E-state index in [1.807, 2.05) is 37.2 Å². The van der Waals surface area contributed by atoms with Crippen molar-refractivity contribution in [1.82, 2.24) is 5.32 Å². The second-order valence-electron chi connectivity index (χ2n) is 8.65. The first-order valence-corrected chi connectivity index (χ1v) is 12.0. The highest BCUT2D eigenvalue weighted by molar-refractivity contribution is 6.41. The van der Waals surface area contributed by atoms with E-state index in [1.165, 1.54) is 25.3 Å². The molecule has 38 heavy (non-hydrogen) atoms. The first-order valence-electron chi connectivity index (χ1n) is 12.0. The molecule has 0 aliphatic carbocycles. The molecule has 0 aromatic heterocycles. The minimum absolute atomic E-state index is 0.0695. The van der Waals surface area contributed by atoms with E-state index in [-0.39, 0.29) is 35.0 Å². The number of Topliss-reactive ketones (excluding diaryl/α,β-unsaturated/α-hetero) is 1. The van der Waals surface area contributed by atoms with E-state index >= 15 is 0 Å². The Kier molecular flexibility index (Phi) is 9.84. The van der Waals surface area contributed by atoms with Crippen molar-refractivity contribution in [2.75, 3.05) is 39.8 Å². The number of hydrogen-bond donors (Lipinski definition) is 2. The Morgan fingerprint density at radius 1 is 0.921 bits per heavy atom. The molecule has 0 spiro atoms. The van der Waals surface area contributed by atoms with Gasteiger partial charge in [0, 0.05) is 31.8 Å². The van der Waals surface area contributed by atoms with Gasteiger partial charge in [0.1, 0.15) is 5.75 Å². The van der Waals surface area contributed by atoms with Crippen LogP contribution in [0, 0.1) is 0 Å². The van der Waals surface area contributed by atoms with Crippen LogP contribution in [0.3, 0.4) is 0 Å². The van der Waals surface area contributed by atoms with Crippen LogP contribution >= 0.6 is 0 Å². The molecule has 0 radical (unpaired) electrons. The van der Waals surface area contributed by atoms with E-state index in [0.29, 0.717) is 18.5 Å². The van der Waals surface area contributed by atoms with Crippen LogP contribution < -0.4 is 24.4 Å². The van der Waals surface area contributed by atoms with E-state index < -0.39 is 18.4 Å². The zero-order valence-electron chi connectivity index (χ0n) is 21.9. The molecular weight excluding hydrogens is 488 g/mol. The number of anilines is 1. The van der Waals surface area contributed by atoms with Crippen molar-refractivity contribution in [3.63, 3.8) is 0 Å². The van der Waals surface area contributed by atoms with Crippen molar-refractivity contribution in [2.45, 2.75) is 19.4 Å². The Hall–Kier alpha value is -4.37. The predicted octanol–water partition coefficient (Wildman–Crippen LogP) is 2.95. The maximum absolute atomic E-state index is 12.7. The third-order valence-corrected chi connectivity index (χ3v) is 5.93. The molecule has 0 saturated carbocycles. The maximum atomic E-state index is 12.7. The summed E-state index contributed by atoms with van der Waals surface area (Å²) in [5.41, 5.74) is 2.77. The Balaban J connectivity index is 1.69. The fourth-order valence-electron chi connectivity index (χ4n) is 3.93. The number of methoxy groups -OCH3 is 2. The summed E-state index contributed by atoms with van der Waals surface area (Å²) in [6.45, 7) is -0.138. The molecule has 3 aromatic rings. The molecule has 2 N–H and O–H groups in total. The van der Waals surface area contributed by atoms with E-state index in [0.717, 1.165) is 17.0 Å². The number of ketones is 1. The van der Waals surface area contributed by atoms with Gasteiger partial charge in [-0.15, -0.1) is 0 Å². The number of nitrogens with zero attached hydrogens (tertiary/aromatic N) is 1. The molecule has 200 valence electrons. The van der Waals surface area contributed by atoms with E-state index in [9.17, 15) is 19.5 Å². The van der Waals surface area contributed by atoms with E-state index in [1.54, 1.807) is 31.4 Å². The Bertz CT molecular complexity index is 1290. The van der Waals surface area contributed by atoms with Gasteiger partial charge in [0.05, 0.1) is 32.9 Å². The summed E-state index contributed by atoms with van der Waals surface area (Å²) in [5, 5.41) is 12.9. The van der Waals surface area contributed by atoms with Crippen molar-refractivity contribution in [1.29, 1.82) is 0 Å². The van der Waals surface area contributed by atoms with Crippen molar-refractivity contribution in [3.8, 4) is 17.2 Å². The van der Waals surface area contributed by atoms with Gasteiger partial charge in [0.15, 0.2) is 11.5 Å². The molecule has 0 heterocycles. The maximum Gasteiger partial charge on any atom is 0.385 e. The van der Waals surface area contributed by atoms with E-state index in [4.69, 9.17) is 14.2 Å². The summed E-state index contributed by atoms with van der Waals surface area (Å²) in [4.78, 5) is 39.7. The summed E-state index contributed by atoms with van der Waals surface area (Å²) in [6, 6.07) is 17.0. The summed E-state index contributed by atoms with van der Waals surface area (Å²) in [6.07, 6.45) is 0.524. The Morgan fingerprint density at radius 3 is 2.26 bits per heavy atom. The zero-order valence-corrected chi connectivity index (χ0v) is 21.9. The van der Waals surface area contributed by atoms with Gasteiger partial charge < -0.3 is 29.5 Å². The number of hydrogen-bond acceptors (Lipinski definition) is 8. The van der Waals surface area contributed by atoms with Crippen LogP contribution in [-0.4, -0.2) is 57.6 Å². The molecule has 0 unspecified atom stereocenters. The molecule has 3 rings (SSSR count). The molecule has 0 fully saturated rings. The normalized spacial score (nSPS) is 10.4. The number of carbonyl (C=O) groups excluding carboxylic acids is 3. The van der Waals surface area contributed by atoms with E-state index in [2.05, 4.69) is 5.32 Å². The first-order chi connectivity index (χ1) is 18.3. The van der Waals surface area contributed by atoms with Crippen LogP contribution in [0.25, 0.3) is 0 Å². The van der Waals surface area contributed by atoms with Crippen LogP contribution in [0.15, 0.2) is 60.7 Å². The number of ether oxygens (including phenoxy) is 3. The number of aliphatic hydroxyl groups is 1. The minimum atomic E-state index is -1.12. The van der Waals surface area contributed by atoms with Crippen molar-refractivity contribution in [3.05, 3.63) is 82.9 Å². The van der Waals surface area contributed by atoms with Crippen molar-refractivity contribution in [2.24, 2.45) is 0 Å². The largest absolute Gasteiger partial charge is 0.495 e. The number of rotatable bonds is 12. The lowest BCUT2D eigenvalue weighted by molar-refractivity contribution is -0.129. The van der Waals surface area contributed by atoms with Gasteiger partial charge in [0.2, 0.25) is 5.91 Å². The number of benzene rings is 3. The van der Waals surface area contributed by atoms with Crippen LogP contribution in [0.1, 0.15) is 27.0 Å². The lowest BCUT2D eigenvalue weighted by Crippen LogP contribution is -2.28.